The molecule has 1 unspecified atom stereocenters. The molecule has 0 aromatic carbocycles. The third-order valence-electron chi connectivity index (χ3n) is 4.24. The van der Waals surface area contributed by atoms with Crippen molar-refractivity contribution < 1.29 is 19.4 Å². The molecule has 0 spiro atoms. The number of esters is 1. The Kier molecular flexibility index (Phi) is 15.6. The minimum absolute atomic E-state index is 0.104. The maximum absolute atomic E-state index is 11.0. The molecule has 0 aromatic heterocycles. The maximum Gasteiger partial charge on any atom is 0.305 e. The number of carboxylic acids is 1. The molecule has 0 fully saturated rings. The number of carbonyl (C=O) groups excluding carboxylic acids is 1. The fraction of sp³-hybridized carbons (Fsp3) is 0.800. The van der Waals surface area contributed by atoms with Crippen molar-refractivity contribution in [1.82, 2.24) is 0 Å². The first-order valence-electron chi connectivity index (χ1n) is 9.51. The van der Waals surface area contributed by atoms with Gasteiger partial charge in [0.2, 0.25) is 0 Å². The van der Waals surface area contributed by atoms with Crippen molar-refractivity contribution in [2.24, 2.45) is 5.92 Å². The van der Waals surface area contributed by atoms with Crippen molar-refractivity contribution in [3.05, 3.63) is 12.2 Å². The zero-order valence-electron chi connectivity index (χ0n) is 15.6. The van der Waals surface area contributed by atoms with Crippen LogP contribution in [0.3, 0.4) is 0 Å². The number of aliphatic carboxylic acids is 1. The number of unbranched alkanes of at least 4 members (excludes halogenated alkanes) is 8. The van der Waals surface area contributed by atoms with Gasteiger partial charge in [-0.25, -0.2) is 0 Å². The first-order chi connectivity index (χ1) is 11.6. The van der Waals surface area contributed by atoms with Crippen LogP contribution >= 0.6 is 0 Å². The third kappa shape index (κ3) is 17.0. The molecular formula is C20H36O4. The minimum Gasteiger partial charge on any atom is -0.481 e. The van der Waals surface area contributed by atoms with Gasteiger partial charge in [-0.3, -0.25) is 9.59 Å². The number of methoxy groups -OCH3 is 1. The molecular weight excluding hydrogens is 304 g/mol. The molecule has 0 radical (unpaired) electrons. The van der Waals surface area contributed by atoms with E-state index in [0.717, 1.165) is 38.5 Å². The van der Waals surface area contributed by atoms with Crippen LogP contribution in [0.4, 0.5) is 0 Å². The quantitative estimate of drug-likeness (QED) is 0.229. The van der Waals surface area contributed by atoms with Crippen molar-refractivity contribution in [1.29, 1.82) is 0 Å². The Morgan fingerprint density at radius 1 is 0.917 bits per heavy atom. The van der Waals surface area contributed by atoms with Crippen LogP contribution in [0.1, 0.15) is 90.4 Å². The fourth-order valence-electron chi connectivity index (χ4n) is 2.68. The summed E-state index contributed by atoms with van der Waals surface area (Å²) in [6.07, 6.45) is 17.6. The first kappa shape index (κ1) is 22.7. The van der Waals surface area contributed by atoms with E-state index < -0.39 is 5.97 Å². The molecule has 1 atom stereocenters. The van der Waals surface area contributed by atoms with Gasteiger partial charge in [0.05, 0.1) is 7.11 Å². The normalized spacial score (nSPS) is 12.4. The van der Waals surface area contributed by atoms with E-state index in [1.165, 1.54) is 39.2 Å². The highest BCUT2D eigenvalue weighted by Gasteiger charge is 2.01. The van der Waals surface area contributed by atoms with Gasteiger partial charge in [0.1, 0.15) is 0 Å². The van der Waals surface area contributed by atoms with Crippen molar-refractivity contribution >= 4 is 11.9 Å². The first-order valence-corrected chi connectivity index (χ1v) is 9.51. The Morgan fingerprint density at radius 3 is 2.17 bits per heavy atom. The lowest BCUT2D eigenvalue weighted by atomic mass is 10.0. The minimum atomic E-state index is -0.685. The van der Waals surface area contributed by atoms with Crippen molar-refractivity contribution in [3.63, 3.8) is 0 Å². The van der Waals surface area contributed by atoms with Gasteiger partial charge in [-0.15, -0.1) is 0 Å². The van der Waals surface area contributed by atoms with Gasteiger partial charge in [0.25, 0.3) is 0 Å². The second-order valence-electron chi connectivity index (χ2n) is 6.63. The number of allylic oxidation sites excluding steroid dienone is 2. The summed E-state index contributed by atoms with van der Waals surface area (Å²) < 4.78 is 4.62. The Balaban J connectivity index is 3.35. The predicted octanol–water partition coefficient (Wildman–Crippen LogP) is 5.51. The van der Waals surface area contributed by atoms with Gasteiger partial charge in [-0.1, -0.05) is 57.6 Å². The average Bonchev–Trinajstić information content (AvgIpc) is 2.55. The van der Waals surface area contributed by atoms with Crippen LogP contribution in [0.5, 0.6) is 0 Å². The lowest BCUT2D eigenvalue weighted by Gasteiger charge is -2.06. The molecule has 0 saturated heterocycles. The largest absolute Gasteiger partial charge is 0.481 e. The highest BCUT2D eigenvalue weighted by atomic mass is 16.5. The molecule has 0 rings (SSSR count). The van der Waals surface area contributed by atoms with Gasteiger partial charge < -0.3 is 9.84 Å². The molecule has 24 heavy (non-hydrogen) atoms. The van der Waals surface area contributed by atoms with E-state index in [2.05, 4.69) is 23.8 Å². The number of carboxylic acid groups (broad SMARTS) is 1. The van der Waals surface area contributed by atoms with Crippen LogP contribution in [0, 0.1) is 5.92 Å². The molecule has 0 amide bonds. The topological polar surface area (TPSA) is 63.6 Å². The average molecular weight is 341 g/mol. The van der Waals surface area contributed by atoms with Crippen molar-refractivity contribution in [2.45, 2.75) is 90.4 Å². The zero-order valence-corrected chi connectivity index (χ0v) is 15.6. The summed E-state index contributed by atoms with van der Waals surface area (Å²) in [5, 5.41) is 8.55. The number of rotatable bonds is 16. The van der Waals surface area contributed by atoms with Gasteiger partial charge in [0.15, 0.2) is 0 Å². The van der Waals surface area contributed by atoms with E-state index in [0.29, 0.717) is 18.8 Å². The molecule has 1 N–H and O–H groups in total. The molecule has 0 aliphatic heterocycles. The second-order valence-corrected chi connectivity index (χ2v) is 6.63. The maximum atomic E-state index is 11.0. The SMILES string of the molecule is COC(=O)CCCCCCC(C)C=CCCCCCCCC(=O)O. The number of hydrogen-bond acceptors (Lipinski definition) is 3. The van der Waals surface area contributed by atoms with Gasteiger partial charge in [-0.2, -0.15) is 0 Å². The molecule has 0 heterocycles. The van der Waals surface area contributed by atoms with E-state index in [-0.39, 0.29) is 5.97 Å². The van der Waals surface area contributed by atoms with Gasteiger partial charge >= 0.3 is 11.9 Å². The zero-order chi connectivity index (χ0) is 18.0. The molecule has 4 nitrogen and oxygen atoms in total. The summed E-state index contributed by atoms with van der Waals surface area (Å²) in [6, 6.07) is 0. The van der Waals surface area contributed by atoms with Crippen LogP contribution in [-0.4, -0.2) is 24.2 Å². The molecule has 0 aliphatic carbocycles. The predicted molar refractivity (Wildman–Crippen MR) is 98.0 cm³/mol. The third-order valence-corrected chi connectivity index (χ3v) is 4.24. The van der Waals surface area contributed by atoms with Crippen LogP contribution in [0.2, 0.25) is 0 Å². The van der Waals surface area contributed by atoms with Crippen LogP contribution in [0.15, 0.2) is 12.2 Å². The van der Waals surface area contributed by atoms with Crippen molar-refractivity contribution in [3.8, 4) is 0 Å². The molecule has 140 valence electrons. The van der Waals surface area contributed by atoms with Gasteiger partial charge in [0, 0.05) is 12.8 Å². The Labute approximate surface area is 147 Å². The Hall–Kier alpha value is -1.32. The second kappa shape index (κ2) is 16.5. The molecule has 4 heteroatoms. The summed E-state index contributed by atoms with van der Waals surface area (Å²) in [7, 11) is 1.44. The standard InChI is InChI=1S/C20H36O4/c1-18(15-11-8-9-13-17-20(23)24-2)14-10-6-4-3-5-7-12-16-19(21)22/h10,14,18H,3-9,11-13,15-17H2,1-2H3,(H,21,22). The fourth-order valence-corrected chi connectivity index (χ4v) is 2.68. The Bertz CT molecular complexity index is 350. The summed E-state index contributed by atoms with van der Waals surface area (Å²) in [5.74, 6) is -0.162. The smallest absolute Gasteiger partial charge is 0.305 e. The number of carbonyl (C=O) groups is 2. The Morgan fingerprint density at radius 2 is 1.50 bits per heavy atom. The summed E-state index contributed by atoms with van der Waals surface area (Å²) >= 11 is 0. The van der Waals surface area contributed by atoms with Crippen molar-refractivity contribution in [2.75, 3.05) is 7.11 Å². The molecule has 0 saturated carbocycles. The summed E-state index contributed by atoms with van der Waals surface area (Å²) in [5.41, 5.74) is 0. The van der Waals surface area contributed by atoms with E-state index in [1.807, 2.05) is 0 Å². The van der Waals surface area contributed by atoms with E-state index in [1.54, 1.807) is 0 Å². The number of ether oxygens (including phenoxy) is 1. The van der Waals surface area contributed by atoms with E-state index in [4.69, 9.17) is 5.11 Å². The highest BCUT2D eigenvalue weighted by Crippen LogP contribution is 2.14. The van der Waals surface area contributed by atoms with E-state index >= 15 is 0 Å². The van der Waals surface area contributed by atoms with Crippen LogP contribution < -0.4 is 0 Å². The summed E-state index contributed by atoms with van der Waals surface area (Å²) in [4.78, 5) is 21.3. The van der Waals surface area contributed by atoms with Crippen LogP contribution in [0.25, 0.3) is 0 Å². The lowest BCUT2D eigenvalue weighted by Crippen LogP contribution is -1.99. The van der Waals surface area contributed by atoms with Crippen LogP contribution in [-0.2, 0) is 14.3 Å². The number of hydrogen-bond donors (Lipinski definition) is 1. The molecule has 0 aliphatic rings. The highest BCUT2D eigenvalue weighted by molar-refractivity contribution is 5.69. The summed E-state index contributed by atoms with van der Waals surface area (Å²) in [6.45, 7) is 2.26. The molecule has 0 aromatic rings. The van der Waals surface area contributed by atoms with Gasteiger partial charge in [-0.05, 0) is 38.0 Å². The molecule has 0 bridgehead atoms. The lowest BCUT2D eigenvalue weighted by molar-refractivity contribution is -0.141. The van der Waals surface area contributed by atoms with E-state index in [9.17, 15) is 9.59 Å². The monoisotopic (exact) mass is 340 g/mol.